The van der Waals surface area contributed by atoms with Gasteiger partial charge in [0.1, 0.15) is 0 Å². The third-order valence-corrected chi connectivity index (χ3v) is 5.24. The molecule has 162 valence electrons. The molecule has 0 radical (unpaired) electrons. The van der Waals surface area contributed by atoms with Crippen LogP contribution in [0.3, 0.4) is 0 Å². The second kappa shape index (κ2) is 9.12. The minimum absolute atomic E-state index is 0.00634. The first kappa shape index (κ1) is 22.2. The minimum Gasteiger partial charge on any atom is -0.453 e. The third-order valence-electron chi connectivity index (χ3n) is 5.24. The topological polar surface area (TPSA) is 92.8 Å². The number of rotatable bonds is 7. The van der Waals surface area contributed by atoms with Gasteiger partial charge in [-0.15, -0.1) is 0 Å². The number of nitrogens with zero attached hydrogens (tertiary/aromatic N) is 1. The van der Waals surface area contributed by atoms with Gasteiger partial charge in [0.25, 0.3) is 17.7 Å². The third kappa shape index (κ3) is 4.82. The Hall–Kier alpha value is -3.48. The average Bonchev–Trinajstić information content (AvgIpc) is 2.95. The van der Waals surface area contributed by atoms with Crippen molar-refractivity contribution in [1.29, 1.82) is 0 Å². The first-order chi connectivity index (χ1) is 14.7. The monoisotopic (exact) mass is 422 g/mol. The largest absolute Gasteiger partial charge is 0.453 e. The van der Waals surface area contributed by atoms with E-state index >= 15 is 0 Å². The zero-order chi connectivity index (χ0) is 22.7. The van der Waals surface area contributed by atoms with E-state index in [1.165, 1.54) is 6.92 Å². The first-order valence-corrected chi connectivity index (χ1v) is 10.2. The Morgan fingerprint density at radius 2 is 1.55 bits per heavy atom. The summed E-state index contributed by atoms with van der Waals surface area (Å²) in [6, 6.07) is 10.6. The molecule has 1 atom stereocenters. The van der Waals surface area contributed by atoms with Gasteiger partial charge < -0.3 is 10.1 Å². The number of benzene rings is 2. The van der Waals surface area contributed by atoms with Gasteiger partial charge in [0.2, 0.25) is 0 Å². The highest BCUT2D eigenvalue weighted by Crippen LogP contribution is 2.23. The van der Waals surface area contributed by atoms with E-state index in [2.05, 4.69) is 5.32 Å². The highest BCUT2D eigenvalue weighted by atomic mass is 16.5. The van der Waals surface area contributed by atoms with Crippen LogP contribution in [0.4, 0.5) is 5.69 Å². The Morgan fingerprint density at radius 1 is 1.00 bits per heavy atom. The molecule has 2 aromatic carbocycles. The van der Waals surface area contributed by atoms with Gasteiger partial charge >= 0.3 is 5.97 Å². The lowest BCUT2D eigenvalue weighted by molar-refractivity contribution is -0.153. The SMILES string of the molecule is Cc1cc(C)c(NC(=O)[C@@H](C)OC(=O)CCCN2C(=O)c3ccccc3C2=O)c(C)c1. The molecule has 0 saturated heterocycles. The number of carbonyl (C=O) groups is 4. The minimum atomic E-state index is -0.966. The number of carbonyl (C=O) groups excluding carboxylic acids is 4. The number of fused-ring (bicyclic) bond motifs is 1. The van der Waals surface area contributed by atoms with Crippen LogP contribution in [0.2, 0.25) is 0 Å². The zero-order valence-corrected chi connectivity index (χ0v) is 18.2. The zero-order valence-electron chi connectivity index (χ0n) is 18.2. The van der Waals surface area contributed by atoms with E-state index in [-0.39, 0.29) is 31.2 Å². The van der Waals surface area contributed by atoms with Gasteiger partial charge in [0.15, 0.2) is 6.10 Å². The number of nitrogens with one attached hydrogen (secondary N) is 1. The Bertz CT molecular complexity index is 1000. The predicted molar refractivity (Wildman–Crippen MR) is 116 cm³/mol. The van der Waals surface area contributed by atoms with Crippen LogP contribution < -0.4 is 5.32 Å². The summed E-state index contributed by atoms with van der Waals surface area (Å²) in [7, 11) is 0. The average molecular weight is 422 g/mol. The lowest BCUT2D eigenvalue weighted by atomic mass is 10.0. The van der Waals surface area contributed by atoms with Crippen molar-refractivity contribution in [1.82, 2.24) is 4.90 Å². The maximum absolute atomic E-state index is 12.4. The van der Waals surface area contributed by atoms with Crippen molar-refractivity contribution < 1.29 is 23.9 Å². The van der Waals surface area contributed by atoms with E-state index in [0.717, 1.165) is 21.6 Å². The summed E-state index contributed by atoms with van der Waals surface area (Å²) in [4.78, 5) is 50.4. The summed E-state index contributed by atoms with van der Waals surface area (Å²) in [5.74, 6) is -1.68. The fourth-order valence-corrected chi connectivity index (χ4v) is 3.74. The standard InChI is InChI=1S/C24H26N2O5/c1-14-12-15(2)21(16(3)13-14)25-22(28)17(4)31-20(27)10-7-11-26-23(29)18-8-5-6-9-19(18)24(26)30/h5-6,8-9,12-13,17H,7,10-11H2,1-4H3,(H,25,28)/t17-/m1/s1. The van der Waals surface area contributed by atoms with Crippen molar-refractivity contribution in [3.63, 3.8) is 0 Å². The molecule has 7 heteroatoms. The van der Waals surface area contributed by atoms with Crippen LogP contribution in [0.5, 0.6) is 0 Å². The molecule has 0 aromatic heterocycles. The smallest absolute Gasteiger partial charge is 0.306 e. The van der Waals surface area contributed by atoms with Crippen molar-refractivity contribution in [3.05, 3.63) is 64.2 Å². The van der Waals surface area contributed by atoms with Gasteiger partial charge in [-0.25, -0.2) is 0 Å². The van der Waals surface area contributed by atoms with Gasteiger partial charge in [-0.05, 0) is 57.4 Å². The molecule has 0 spiro atoms. The number of ether oxygens (including phenoxy) is 1. The van der Waals surface area contributed by atoms with Crippen LogP contribution >= 0.6 is 0 Å². The molecule has 1 aliphatic rings. The number of imide groups is 1. The maximum atomic E-state index is 12.4. The molecule has 1 heterocycles. The second-order valence-corrected chi connectivity index (χ2v) is 7.81. The highest BCUT2D eigenvalue weighted by Gasteiger charge is 2.34. The van der Waals surface area contributed by atoms with Gasteiger partial charge in [-0.1, -0.05) is 29.8 Å². The Morgan fingerprint density at radius 3 is 2.10 bits per heavy atom. The Labute approximate surface area is 181 Å². The molecule has 7 nitrogen and oxygen atoms in total. The summed E-state index contributed by atoms with van der Waals surface area (Å²) >= 11 is 0. The molecule has 0 aliphatic carbocycles. The van der Waals surface area contributed by atoms with Crippen molar-refractivity contribution in [2.45, 2.75) is 46.6 Å². The summed E-state index contributed by atoms with van der Waals surface area (Å²) in [6.45, 7) is 7.43. The summed E-state index contributed by atoms with van der Waals surface area (Å²) in [5.41, 5.74) is 4.44. The van der Waals surface area contributed by atoms with Crippen LogP contribution in [-0.2, 0) is 14.3 Å². The van der Waals surface area contributed by atoms with Gasteiger partial charge in [0.05, 0.1) is 11.1 Å². The van der Waals surface area contributed by atoms with Gasteiger partial charge in [-0.3, -0.25) is 24.1 Å². The van der Waals surface area contributed by atoms with E-state index in [0.29, 0.717) is 16.8 Å². The van der Waals surface area contributed by atoms with E-state index < -0.39 is 18.0 Å². The fourth-order valence-electron chi connectivity index (χ4n) is 3.74. The molecule has 0 bridgehead atoms. The molecule has 1 aliphatic heterocycles. The number of esters is 1. The molecular weight excluding hydrogens is 396 g/mol. The Kier molecular flexibility index (Phi) is 6.53. The summed E-state index contributed by atoms with van der Waals surface area (Å²) in [6.07, 6.45) is -0.713. The van der Waals surface area contributed by atoms with E-state index in [1.807, 2.05) is 32.9 Å². The summed E-state index contributed by atoms with van der Waals surface area (Å²) in [5, 5.41) is 2.82. The molecule has 31 heavy (non-hydrogen) atoms. The number of anilines is 1. The number of hydrogen-bond acceptors (Lipinski definition) is 5. The maximum Gasteiger partial charge on any atom is 0.306 e. The summed E-state index contributed by atoms with van der Waals surface area (Å²) < 4.78 is 5.23. The molecule has 3 amide bonds. The van der Waals surface area contributed by atoms with Crippen LogP contribution in [0, 0.1) is 20.8 Å². The van der Waals surface area contributed by atoms with Gasteiger partial charge in [0, 0.05) is 18.7 Å². The van der Waals surface area contributed by atoms with Crippen molar-refractivity contribution in [2.75, 3.05) is 11.9 Å². The Balaban J connectivity index is 1.48. The lowest BCUT2D eigenvalue weighted by Gasteiger charge is -2.17. The highest BCUT2D eigenvalue weighted by molar-refractivity contribution is 6.21. The second-order valence-electron chi connectivity index (χ2n) is 7.81. The van der Waals surface area contributed by atoms with Crippen molar-refractivity contribution in [3.8, 4) is 0 Å². The lowest BCUT2D eigenvalue weighted by Crippen LogP contribution is -2.32. The van der Waals surface area contributed by atoms with E-state index in [9.17, 15) is 19.2 Å². The molecule has 1 N–H and O–H groups in total. The molecule has 0 unspecified atom stereocenters. The van der Waals surface area contributed by atoms with E-state index in [4.69, 9.17) is 4.74 Å². The van der Waals surface area contributed by atoms with Crippen LogP contribution in [0.25, 0.3) is 0 Å². The van der Waals surface area contributed by atoms with Crippen LogP contribution in [0.15, 0.2) is 36.4 Å². The molecule has 3 rings (SSSR count). The van der Waals surface area contributed by atoms with Gasteiger partial charge in [-0.2, -0.15) is 0 Å². The quantitative estimate of drug-likeness (QED) is 0.544. The number of amides is 3. The first-order valence-electron chi connectivity index (χ1n) is 10.2. The molecule has 2 aromatic rings. The predicted octanol–water partition coefficient (Wildman–Crippen LogP) is 3.56. The fraction of sp³-hybridized carbons (Fsp3) is 0.333. The van der Waals surface area contributed by atoms with Crippen molar-refractivity contribution >= 4 is 29.4 Å². The molecule has 0 fully saturated rings. The van der Waals surface area contributed by atoms with Crippen LogP contribution in [0.1, 0.15) is 57.2 Å². The molecule has 0 saturated carbocycles. The van der Waals surface area contributed by atoms with Crippen LogP contribution in [-0.4, -0.2) is 41.2 Å². The normalized spacial score (nSPS) is 13.7. The number of aryl methyl sites for hydroxylation is 3. The molecular formula is C24H26N2O5. The van der Waals surface area contributed by atoms with Crippen molar-refractivity contribution in [2.24, 2.45) is 0 Å². The van der Waals surface area contributed by atoms with E-state index in [1.54, 1.807) is 24.3 Å². The number of hydrogen-bond donors (Lipinski definition) is 1.